The lowest BCUT2D eigenvalue weighted by Crippen LogP contribution is -2.34. The van der Waals surface area contributed by atoms with Gasteiger partial charge in [-0.1, -0.05) is 29.3 Å². The predicted octanol–water partition coefficient (Wildman–Crippen LogP) is 5.03. The first-order valence-electron chi connectivity index (χ1n) is 12.1. The number of ether oxygens (including phenoxy) is 2. The van der Waals surface area contributed by atoms with E-state index in [1.807, 2.05) is 0 Å². The van der Waals surface area contributed by atoms with Gasteiger partial charge in [0.2, 0.25) is 21.9 Å². The van der Waals surface area contributed by atoms with E-state index < -0.39 is 39.4 Å². The number of aromatic nitrogens is 6. The van der Waals surface area contributed by atoms with Gasteiger partial charge in [-0.05, 0) is 44.5 Å². The van der Waals surface area contributed by atoms with E-state index >= 15 is 0 Å². The minimum Gasteiger partial charge on any atom is -0.400 e. The molecule has 0 aliphatic heterocycles. The first-order valence-corrected chi connectivity index (χ1v) is 14.4. The fourth-order valence-corrected chi connectivity index (χ4v) is 5.54. The summed E-state index contributed by atoms with van der Waals surface area (Å²) in [5.74, 6) is -3.71. The van der Waals surface area contributed by atoms with Crippen molar-refractivity contribution in [2.45, 2.75) is 38.3 Å². The van der Waals surface area contributed by atoms with Gasteiger partial charge in [0.25, 0.3) is 0 Å². The van der Waals surface area contributed by atoms with Crippen molar-refractivity contribution in [2.24, 2.45) is 0 Å². The minimum atomic E-state index is -5.29. The van der Waals surface area contributed by atoms with E-state index in [1.165, 1.54) is 24.6 Å². The lowest BCUT2D eigenvalue weighted by molar-refractivity contribution is -0.190. The number of nitrogens with zero attached hydrogens (tertiary/aromatic N) is 6. The molecule has 1 N–H and O–H groups in total. The predicted molar refractivity (Wildman–Crippen MR) is 150 cm³/mol. The summed E-state index contributed by atoms with van der Waals surface area (Å²) in [5, 5.41) is 7.02. The summed E-state index contributed by atoms with van der Waals surface area (Å²) in [6.07, 6.45) is -2.55. The lowest BCUT2D eigenvalue weighted by Gasteiger charge is -2.23. The largest absolute Gasteiger partial charge is 0.491 e. The van der Waals surface area contributed by atoms with Gasteiger partial charge in [-0.15, -0.1) is 10.2 Å². The molecule has 4 rings (SSSR count). The Morgan fingerprint density at radius 3 is 2.37 bits per heavy atom. The number of halogens is 5. The van der Waals surface area contributed by atoms with E-state index in [-0.39, 0.29) is 38.9 Å². The Labute approximate surface area is 253 Å². The van der Waals surface area contributed by atoms with Crippen LogP contribution in [0.3, 0.4) is 0 Å². The van der Waals surface area contributed by atoms with Crippen molar-refractivity contribution in [1.29, 1.82) is 0 Å². The van der Waals surface area contributed by atoms with Gasteiger partial charge >= 0.3 is 12.1 Å². The van der Waals surface area contributed by atoms with Crippen molar-refractivity contribution < 1.29 is 35.9 Å². The number of anilines is 1. The molecule has 0 aliphatic carbocycles. The molecule has 1 aromatic carbocycles. The van der Waals surface area contributed by atoms with E-state index in [0.29, 0.717) is 5.56 Å². The van der Waals surface area contributed by atoms with Crippen molar-refractivity contribution >= 4 is 45.1 Å². The summed E-state index contributed by atoms with van der Waals surface area (Å²) in [4.78, 5) is 23.3. The smallest absolute Gasteiger partial charge is 0.400 e. The third-order valence-corrected chi connectivity index (χ3v) is 8.28. The zero-order chi connectivity index (χ0) is 31.7. The Morgan fingerprint density at radius 1 is 1.09 bits per heavy atom. The molecule has 0 saturated carbocycles. The number of sulfonamides is 1. The van der Waals surface area contributed by atoms with Gasteiger partial charge in [-0.2, -0.15) is 18.2 Å². The summed E-state index contributed by atoms with van der Waals surface area (Å²) in [5.41, 5.74) is 1.44. The number of carbonyl (C=O) groups excluding carboxylic acids is 1. The number of esters is 1. The molecule has 0 fully saturated rings. The van der Waals surface area contributed by atoms with Crippen LogP contribution in [-0.4, -0.2) is 62.6 Å². The van der Waals surface area contributed by atoms with Crippen LogP contribution in [0.1, 0.15) is 30.0 Å². The molecule has 0 spiro atoms. The molecular formula is C25H22Cl2F3N7O5S. The van der Waals surface area contributed by atoms with Gasteiger partial charge in [-0.25, -0.2) is 18.2 Å². The Bertz CT molecular complexity index is 1770. The molecule has 3 aromatic heterocycles. The van der Waals surface area contributed by atoms with Crippen LogP contribution < -0.4 is 9.46 Å². The first-order chi connectivity index (χ1) is 20.1. The zero-order valence-electron chi connectivity index (χ0n) is 22.7. The van der Waals surface area contributed by atoms with E-state index in [0.717, 1.165) is 18.9 Å². The average Bonchev–Trinajstić information content (AvgIpc) is 3.32. The normalized spacial score (nSPS) is 13.4. The number of pyridine rings is 1. The number of alkyl halides is 3. The number of carbonyl (C=O) groups is 1. The van der Waals surface area contributed by atoms with Gasteiger partial charge in [-0.3, -0.25) is 14.3 Å². The second-order valence-electron chi connectivity index (χ2n) is 9.12. The number of nitrogens with one attached hydrogen (secondary N) is 1. The molecule has 0 unspecified atom stereocenters. The molecule has 0 radical (unpaired) electrons. The van der Waals surface area contributed by atoms with Crippen LogP contribution >= 0.6 is 23.2 Å². The lowest BCUT2D eigenvalue weighted by atomic mass is 10.2. The second-order valence-corrected chi connectivity index (χ2v) is 12.0. The van der Waals surface area contributed by atoms with Crippen molar-refractivity contribution in [3.05, 3.63) is 69.9 Å². The Hall–Kier alpha value is -3.86. The van der Waals surface area contributed by atoms with Gasteiger partial charge in [0, 0.05) is 36.8 Å². The van der Waals surface area contributed by atoms with E-state index in [4.69, 9.17) is 27.9 Å². The van der Waals surface area contributed by atoms with Crippen LogP contribution in [0.4, 0.5) is 19.1 Å². The fourth-order valence-electron chi connectivity index (χ4n) is 3.84. The molecule has 0 bridgehead atoms. The Kier molecular flexibility index (Phi) is 9.24. The van der Waals surface area contributed by atoms with Crippen molar-refractivity contribution in [1.82, 2.24) is 29.7 Å². The number of para-hydroxylation sites is 1. The highest BCUT2D eigenvalue weighted by molar-refractivity contribution is 7.93. The van der Waals surface area contributed by atoms with Crippen molar-refractivity contribution in [3.8, 4) is 23.0 Å². The molecule has 0 saturated heterocycles. The maximum atomic E-state index is 13.6. The van der Waals surface area contributed by atoms with Crippen LogP contribution in [0, 0.1) is 13.8 Å². The molecule has 43 heavy (non-hydrogen) atoms. The van der Waals surface area contributed by atoms with Crippen LogP contribution in [0.2, 0.25) is 10.0 Å². The van der Waals surface area contributed by atoms with Crippen molar-refractivity contribution in [2.75, 3.05) is 11.8 Å². The molecule has 0 amide bonds. The summed E-state index contributed by atoms with van der Waals surface area (Å²) >= 11 is 12.9. The van der Waals surface area contributed by atoms with E-state index in [9.17, 15) is 26.4 Å². The third kappa shape index (κ3) is 6.87. The maximum absolute atomic E-state index is 13.6. The fraction of sp³-hybridized carbons (Fsp3) is 0.280. The summed E-state index contributed by atoms with van der Waals surface area (Å²) in [6.45, 7) is 4.36. The van der Waals surface area contributed by atoms with Crippen LogP contribution in [0.5, 0.6) is 5.88 Å². The monoisotopic (exact) mass is 659 g/mol. The molecule has 12 nitrogen and oxygen atoms in total. The van der Waals surface area contributed by atoms with E-state index in [2.05, 4.69) is 34.6 Å². The van der Waals surface area contributed by atoms with E-state index in [1.54, 1.807) is 37.4 Å². The zero-order valence-corrected chi connectivity index (χ0v) is 25.0. The van der Waals surface area contributed by atoms with Gasteiger partial charge in [0.1, 0.15) is 11.4 Å². The summed E-state index contributed by atoms with van der Waals surface area (Å²) in [7, 11) is -3.29. The number of hydrogen-bond acceptors (Lipinski definition) is 10. The van der Waals surface area contributed by atoms with Gasteiger partial charge in [0.15, 0.2) is 11.6 Å². The number of benzene rings is 1. The summed E-state index contributed by atoms with van der Waals surface area (Å²) < 4.78 is 78.9. The first kappa shape index (κ1) is 32.1. The quantitative estimate of drug-likeness (QED) is 0.242. The molecule has 18 heteroatoms. The Balaban J connectivity index is 1.74. The molecule has 228 valence electrons. The maximum Gasteiger partial charge on any atom is 0.491 e. The minimum absolute atomic E-state index is 0.00673. The molecule has 3 heterocycles. The molecule has 2 atom stereocenters. The van der Waals surface area contributed by atoms with Crippen LogP contribution in [0.25, 0.3) is 17.1 Å². The number of methoxy groups -OCH3 is 1. The standard InChI is InChI=1S/C25H22Cl2F3N7O5S/c1-12-8-15(11-31-9-12)21-34-35-24(37(21)18-16(26)6-5-7-17(18)27)36-43(39,40)14(3)19(41-4)20-32-10-13(2)22(33-20)42-23(38)25(28,29)30/h5-11,14,19H,1-4H3,(H,35,36)/t14-,19-/m0/s1. The van der Waals surface area contributed by atoms with Crippen LogP contribution in [-0.2, 0) is 19.6 Å². The molecule has 4 aromatic rings. The highest BCUT2D eigenvalue weighted by Crippen LogP contribution is 2.35. The number of aryl methyl sites for hydroxylation is 2. The highest BCUT2D eigenvalue weighted by atomic mass is 35.5. The van der Waals surface area contributed by atoms with Gasteiger partial charge < -0.3 is 9.47 Å². The van der Waals surface area contributed by atoms with Crippen molar-refractivity contribution in [3.63, 3.8) is 0 Å². The molecular weight excluding hydrogens is 638 g/mol. The summed E-state index contributed by atoms with van der Waals surface area (Å²) in [6, 6.07) is 6.43. The van der Waals surface area contributed by atoms with Gasteiger partial charge in [0.05, 0.1) is 15.7 Å². The average molecular weight is 660 g/mol. The number of hydrogen-bond donors (Lipinski definition) is 1. The topological polar surface area (TPSA) is 151 Å². The highest BCUT2D eigenvalue weighted by Gasteiger charge is 2.42. The molecule has 0 aliphatic rings. The third-order valence-electron chi connectivity index (χ3n) is 5.98. The SMILES string of the molecule is CO[C@H](c1ncc(C)c(OC(=O)C(F)(F)F)n1)[C@H](C)S(=O)(=O)Nc1nnc(-c2cncc(C)c2)n1-c1c(Cl)cccc1Cl. The number of rotatable bonds is 9. The van der Waals surface area contributed by atoms with Crippen LogP contribution in [0.15, 0.2) is 42.9 Å². The second kappa shape index (κ2) is 12.4. The Morgan fingerprint density at radius 2 is 1.77 bits per heavy atom.